The molecule has 5 heteroatoms. The molecule has 0 radical (unpaired) electrons. The van der Waals surface area contributed by atoms with Gasteiger partial charge in [0.1, 0.15) is 6.10 Å². The van der Waals surface area contributed by atoms with Crippen molar-refractivity contribution in [1.82, 2.24) is 0 Å². The zero-order valence-corrected chi connectivity index (χ0v) is 14.1. The summed E-state index contributed by atoms with van der Waals surface area (Å²) in [4.78, 5) is 11.4. The predicted molar refractivity (Wildman–Crippen MR) is 82.0 cm³/mol. The number of hydrogen-bond acceptors (Lipinski definition) is 5. The summed E-state index contributed by atoms with van der Waals surface area (Å²) in [5, 5.41) is 31.2. The molecule has 2 fully saturated rings. The number of esters is 1. The van der Waals surface area contributed by atoms with Crippen molar-refractivity contribution in [3.8, 4) is 0 Å². The summed E-state index contributed by atoms with van der Waals surface area (Å²) in [6, 6.07) is 0. The smallest absolute Gasteiger partial charge is 0.302 e. The molecule has 2 aliphatic carbocycles. The third-order valence-corrected chi connectivity index (χ3v) is 6.15. The van der Waals surface area contributed by atoms with Crippen LogP contribution < -0.4 is 0 Å². The Hall–Kier alpha value is -0.650. The van der Waals surface area contributed by atoms with Gasteiger partial charge in [-0.2, -0.15) is 0 Å². The Morgan fingerprint density at radius 1 is 1.32 bits per heavy atom. The molecule has 1 unspecified atom stereocenters. The highest BCUT2D eigenvalue weighted by molar-refractivity contribution is 5.66. The molecule has 0 aliphatic heterocycles. The Morgan fingerprint density at radius 3 is 2.50 bits per heavy atom. The van der Waals surface area contributed by atoms with E-state index in [1.807, 2.05) is 13.8 Å². The van der Waals surface area contributed by atoms with E-state index in [9.17, 15) is 20.1 Å². The van der Waals surface area contributed by atoms with Crippen LogP contribution in [-0.4, -0.2) is 45.7 Å². The van der Waals surface area contributed by atoms with Crippen molar-refractivity contribution in [2.75, 3.05) is 6.61 Å². The van der Waals surface area contributed by atoms with Gasteiger partial charge in [-0.3, -0.25) is 4.79 Å². The van der Waals surface area contributed by atoms with E-state index in [1.54, 1.807) is 6.92 Å². The van der Waals surface area contributed by atoms with Crippen LogP contribution in [0.25, 0.3) is 0 Å². The molecule has 22 heavy (non-hydrogen) atoms. The zero-order valence-electron chi connectivity index (χ0n) is 14.1. The minimum absolute atomic E-state index is 0.00977. The number of ether oxygens (including phenoxy) is 1. The summed E-state index contributed by atoms with van der Waals surface area (Å²) in [6.45, 7) is 7.15. The number of carbonyl (C=O) groups is 1. The Morgan fingerprint density at radius 2 is 1.95 bits per heavy atom. The van der Waals surface area contributed by atoms with Crippen LogP contribution in [0.3, 0.4) is 0 Å². The molecule has 0 aromatic rings. The van der Waals surface area contributed by atoms with Crippen molar-refractivity contribution in [2.24, 2.45) is 23.2 Å². The molecule has 128 valence electrons. The average Bonchev–Trinajstić information content (AvgIpc) is 2.41. The predicted octanol–water partition coefficient (Wildman–Crippen LogP) is 1.48. The third-order valence-electron chi connectivity index (χ3n) is 6.15. The molecule has 7 atom stereocenters. The van der Waals surface area contributed by atoms with Gasteiger partial charge in [-0.25, -0.2) is 0 Å². The van der Waals surface area contributed by atoms with Crippen LogP contribution in [-0.2, 0) is 9.53 Å². The van der Waals surface area contributed by atoms with Crippen LogP contribution in [0, 0.1) is 23.2 Å². The zero-order chi connectivity index (χ0) is 16.7. The van der Waals surface area contributed by atoms with E-state index in [1.165, 1.54) is 6.92 Å². The first-order valence-corrected chi connectivity index (χ1v) is 8.32. The van der Waals surface area contributed by atoms with Gasteiger partial charge in [-0.05, 0) is 44.4 Å². The Balaban J connectivity index is 2.33. The maximum absolute atomic E-state index is 11.4. The molecule has 0 aromatic heterocycles. The van der Waals surface area contributed by atoms with E-state index in [-0.39, 0.29) is 36.4 Å². The van der Waals surface area contributed by atoms with E-state index in [0.29, 0.717) is 12.8 Å². The summed E-state index contributed by atoms with van der Waals surface area (Å²) >= 11 is 0. The van der Waals surface area contributed by atoms with Gasteiger partial charge in [-0.1, -0.05) is 13.8 Å². The van der Waals surface area contributed by atoms with Crippen molar-refractivity contribution in [3.63, 3.8) is 0 Å². The fraction of sp³-hybridized carbons (Fsp3) is 0.941. The van der Waals surface area contributed by atoms with Crippen LogP contribution >= 0.6 is 0 Å². The molecular formula is C17H30O5. The second kappa shape index (κ2) is 6.10. The van der Waals surface area contributed by atoms with E-state index < -0.39 is 17.1 Å². The molecule has 3 N–H and O–H groups in total. The quantitative estimate of drug-likeness (QED) is 0.687. The normalized spacial score (nSPS) is 46.7. The number of rotatable bonds is 3. The first-order chi connectivity index (χ1) is 10.1. The second-order valence-electron chi connectivity index (χ2n) is 7.83. The van der Waals surface area contributed by atoms with Crippen LogP contribution in [0.15, 0.2) is 0 Å². The van der Waals surface area contributed by atoms with Gasteiger partial charge in [-0.15, -0.1) is 0 Å². The number of hydrogen-bond donors (Lipinski definition) is 3. The highest BCUT2D eigenvalue weighted by Crippen LogP contribution is 2.57. The minimum atomic E-state index is -0.987. The average molecular weight is 314 g/mol. The fourth-order valence-electron chi connectivity index (χ4n) is 4.94. The largest absolute Gasteiger partial charge is 0.462 e. The van der Waals surface area contributed by atoms with Crippen LogP contribution in [0.1, 0.15) is 53.4 Å². The monoisotopic (exact) mass is 314 g/mol. The van der Waals surface area contributed by atoms with Crippen molar-refractivity contribution in [3.05, 3.63) is 0 Å². The Labute approximate surface area is 132 Å². The van der Waals surface area contributed by atoms with Crippen molar-refractivity contribution in [2.45, 2.75) is 71.2 Å². The maximum atomic E-state index is 11.4. The summed E-state index contributed by atoms with van der Waals surface area (Å²) in [6.07, 6.45) is 1.70. The highest BCUT2D eigenvalue weighted by atomic mass is 16.5. The number of fused-ring (bicyclic) bond motifs is 1. The topological polar surface area (TPSA) is 87.0 Å². The number of aliphatic hydroxyl groups excluding tert-OH is 2. The lowest BCUT2D eigenvalue weighted by atomic mass is 9.50. The molecule has 5 nitrogen and oxygen atoms in total. The molecule has 0 spiro atoms. The molecular weight excluding hydrogens is 284 g/mol. The summed E-state index contributed by atoms with van der Waals surface area (Å²) in [5.74, 6) is -0.715. The van der Waals surface area contributed by atoms with Gasteiger partial charge in [0.2, 0.25) is 0 Å². The number of aliphatic hydroxyl groups is 3. The van der Waals surface area contributed by atoms with Gasteiger partial charge in [0, 0.05) is 24.9 Å². The summed E-state index contributed by atoms with van der Waals surface area (Å²) < 4.78 is 5.52. The SMILES string of the molecule is CC(=O)O[C@@H]1CC[C@@](C)(O)C2[C@@H](O)[C@H]([C@H](C)CO)CC[C@]21C. The van der Waals surface area contributed by atoms with E-state index >= 15 is 0 Å². The Bertz CT molecular complexity index is 421. The lowest BCUT2D eigenvalue weighted by Crippen LogP contribution is -2.64. The van der Waals surface area contributed by atoms with Crippen molar-refractivity contribution < 1.29 is 24.9 Å². The first kappa shape index (κ1) is 17.7. The second-order valence-corrected chi connectivity index (χ2v) is 7.83. The maximum Gasteiger partial charge on any atom is 0.302 e. The van der Waals surface area contributed by atoms with Crippen LogP contribution in [0.2, 0.25) is 0 Å². The molecule has 0 saturated heterocycles. The molecule has 0 aromatic carbocycles. The van der Waals surface area contributed by atoms with Crippen LogP contribution in [0.5, 0.6) is 0 Å². The van der Waals surface area contributed by atoms with Gasteiger partial charge in [0.15, 0.2) is 0 Å². The van der Waals surface area contributed by atoms with Crippen molar-refractivity contribution in [1.29, 1.82) is 0 Å². The molecule has 2 saturated carbocycles. The molecule has 0 heterocycles. The third kappa shape index (κ3) is 2.91. The molecule has 0 bridgehead atoms. The first-order valence-electron chi connectivity index (χ1n) is 8.32. The molecule has 2 rings (SSSR count). The molecule has 2 aliphatic rings. The molecule has 0 amide bonds. The van der Waals surface area contributed by atoms with Gasteiger partial charge < -0.3 is 20.1 Å². The van der Waals surface area contributed by atoms with E-state index in [2.05, 4.69) is 0 Å². The van der Waals surface area contributed by atoms with E-state index in [0.717, 1.165) is 12.8 Å². The fourth-order valence-corrected chi connectivity index (χ4v) is 4.94. The van der Waals surface area contributed by atoms with Gasteiger partial charge in [0.25, 0.3) is 0 Å². The summed E-state index contributed by atoms with van der Waals surface area (Å²) in [7, 11) is 0. The number of carbonyl (C=O) groups excluding carboxylic acids is 1. The van der Waals surface area contributed by atoms with E-state index in [4.69, 9.17) is 4.74 Å². The Kier molecular flexibility index (Phi) is 4.91. The lowest BCUT2D eigenvalue weighted by Gasteiger charge is -2.59. The van der Waals surface area contributed by atoms with Gasteiger partial charge >= 0.3 is 5.97 Å². The van der Waals surface area contributed by atoms with Gasteiger partial charge in [0.05, 0.1) is 11.7 Å². The van der Waals surface area contributed by atoms with Crippen molar-refractivity contribution >= 4 is 5.97 Å². The highest BCUT2D eigenvalue weighted by Gasteiger charge is 2.60. The minimum Gasteiger partial charge on any atom is -0.462 e. The van der Waals surface area contributed by atoms with Crippen LogP contribution in [0.4, 0.5) is 0 Å². The summed E-state index contributed by atoms with van der Waals surface area (Å²) in [5.41, 5.74) is -1.42. The standard InChI is InChI=1S/C17H30O5/c1-10(9-18)12-5-7-16(3)13(22-11(2)19)6-8-17(4,21)15(16)14(12)20/h10,12-15,18,20-21H,5-9H2,1-4H3/t10-,12+,13-,14+,15?,16+,17-/m1/s1. The lowest BCUT2D eigenvalue weighted by molar-refractivity contribution is -0.229.